The zero-order valence-electron chi connectivity index (χ0n) is 14.2. The van der Waals surface area contributed by atoms with Gasteiger partial charge >= 0.3 is 6.18 Å². The third-order valence-corrected chi connectivity index (χ3v) is 4.08. The molecule has 0 fully saturated rings. The highest BCUT2D eigenvalue weighted by atomic mass is 19.4. The zero-order valence-corrected chi connectivity index (χ0v) is 14.2. The zero-order chi connectivity index (χ0) is 19.4. The van der Waals surface area contributed by atoms with Gasteiger partial charge in [0.05, 0.1) is 23.8 Å². The van der Waals surface area contributed by atoms with Crippen molar-refractivity contribution in [2.75, 3.05) is 0 Å². The number of amides is 1. The Morgan fingerprint density at radius 2 is 1.78 bits per heavy atom. The molecule has 5 nitrogen and oxygen atoms in total. The number of benzene rings is 2. The number of halogens is 3. The molecule has 2 aromatic carbocycles. The fourth-order valence-corrected chi connectivity index (χ4v) is 2.65. The SMILES string of the molecule is O=C(CCn1ncc(=O)c2ccccc21)NCc1ccc(C(F)(F)F)cc1. The second-order valence-electron chi connectivity index (χ2n) is 5.97. The van der Waals surface area contributed by atoms with Crippen LogP contribution >= 0.6 is 0 Å². The molecule has 1 aromatic heterocycles. The maximum Gasteiger partial charge on any atom is 0.416 e. The molecule has 0 unspecified atom stereocenters. The summed E-state index contributed by atoms with van der Waals surface area (Å²) >= 11 is 0. The molecule has 0 aliphatic heterocycles. The van der Waals surface area contributed by atoms with E-state index >= 15 is 0 Å². The van der Waals surface area contributed by atoms with Gasteiger partial charge in [-0.05, 0) is 29.8 Å². The van der Waals surface area contributed by atoms with Gasteiger partial charge in [-0.3, -0.25) is 14.3 Å². The number of carbonyl (C=O) groups excluding carboxylic acids is 1. The summed E-state index contributed by atoms with van der Waals surface area (Å²) in [5, 5.41) is 7.24. The normalized spacial score (nSPS) is 11.5. The minimum absolute atomic E-state index is 0.125. The number of hydrogen-bond acceptors (Lipinski definition) is 3. The Balaban J connectivity index is 1.58. The van der Waals surface area contributed by atoms with E-state index in [1.165, 1.54) is 18.3 Å². The fourth-order valence-electron chi connectivity index (χ4n) is 2.65. The van der Waals surface area contributed by atoms with Crippen LogP contribution in [0.1, 0.15) is 17.5 Å². The second-order valence-corrected chi connectivity index (χ2v) is 5.97. The van der Waals surface area contributed by atoms with Crippen molar-refractivity contribution in [2.45, 2.75) is 25.7 Å². The minimum Gasteiger partial charge on any atom is -0.352 e. The quantitative estimate of drug-likeness (QED) is 0.745. The first kappa shape index (κ1) is 18.6. The van der Waals surface area contributed by atoms with Gasteiger partial charge < -0.3 is 5.32 Å². The van der Waals surface area contributed by atoms with E-state index in [-0.39, 0.29) is 30.8 Å². The van der Waals surface area contributed by atoms with E-state index in [0.29, 0.717) is 16.5 Å². The lowest BCUT2D eigenvalue weighted by Gasteiger charge is -2.10. The Morgan fingerprint density at radius 3 is 2.48 bits per heavy atom. The Labute approximate surface area is 152 Å². The molecule has 0 aliphatic carbocycles. The number of para-hydroxylation sites is 1. The number of aryl methyl sites for hydroxylation is 1. The highest BCUT2D eigenvalue weighted by Crippen LogP contribution is 2.29. The van der Waals surface area contributed by atoms with Crippen LogP contribution in [0.2, 0.25) is 0 Å². The van der Waals surface area contributed by atoms with Crippen LogP contribution in [0, 0.1) is 0 Å². The highest BCUT2D eigenvalue weighted by molar-refractivity contribution is 5.79. The molecule has 0 radical (unpaired) electrons. The molecular weight excluding hydrogens is 359 g/mol. The number of alkyl halides is 3. The summed E-state index contributed by atoms with van der Waals surface area (Å²) in [4.78, 5) is 23.8. The molecule has 1 heterocycles. The largest absolute Gasteiger partial charge is 0.416 e. The summed E-state index contributed by atoms with van der Waals surface area (Å²) in [6.45, 7) is 0.412. The topological polar surface area (TPSA) is 64.0 Å². The lowest BCUT2D eigenvalue weighted by molar-refractivity contribution is -0.137. The number of carbonyl (C=O) groups is 1. The summed E-state index contributed by atoms with van der Waals surface area (Å²) in [7, 11) is 0. The van der Waals surface area contributed by atoms with Crippen LogP contribution in [0.15, 0.2) is 59.5 Å². The van der Waals surface area contributed by atoms with Gasteiger partial charge in [-0.15, -0.1) is 0 Å². The summed E-state index contributed by atoms with van der Waals surface area (Å²) in [5.74, 6) is -0.264. The van der Waals surface area contributed by atoms with Crippen LogP contribution in [0.4, 0.5) is 13.2 Å². The van der Waals surface area contributed by atoms with Crippen LogP contribution < -0.4 is 10.7 Å². The summed E-state index contributed by atoms with van der Waals surface area (Å²) in [6, 6.07) is 11.6. The smallest absolute Gasteiger partial charge is 0.352 e. The second kappa shape index (κ2) is 7.61. The summed E-state index contributed by atoms with van der Waals surface area (Å²) in [6.07, 6.45) is -3.04. The first-order valence-corrected chi connectivity index (χ1v) is 8.22. The van der Waals surface area contributed by atoms with Gasteiger partial charge in [0.15, 0.2) is 0 Å². The third-order valence-electron chi connectivity index (χ3n) is 4.08. The van der Waals surface area contributed by atoms with Crippen molar-refractivity contribution in [3.05, 3.63) is 76.1 Å². The molecule has 0 bridgehead atoms. The van der Waals surface area contributed by atoms with Crippen molar-refractivity contribution in [3.63, 3.8) is 0 Å². The van der Waals surface area contributed by atoms with Crippen LogP contribution in [-0.4, -0.2) is 15.7 Å². The molecule has 27 heavy (non-hydrogen) atoms. The number of nitrogens with zero attached hydrogens (tertiary/aromatic N) is 2. The molecule has 3 rings (SSSR count). The molecule has 0 saturated heterocycles. The van der Waals surface area contributed by atoms with Crippen molar-refractivity contribution < 1.29 is 18.0 Å². The van der Waals surface area contributed by atoms with E-state index in [2.05, 4.69) is 10.4 Å². The monoisotopic (exact) mass is 375 g/mol. The van der Waals surface area contributed by atoms with Gasteiger partial charge in [0.2, 0.25) is 11.3 Å². The van der Waals surface area contributed by atoms with Gasteiger partial charge in [-0.25, -0.2) is 0 Å². The molecule has 1 N–H and O–H groups in total. The van der Waals surface area contributed by atoms with E-state index in [1.807, 2.05) is 0 Å². The van der Waals surface area contributed by atoms with E-state index in [1.54, 1.807) is 28.9 Å². The van der Waals surface area contributed by atoms with Crippen molar-refractivity contribution >= 4 is 16.8 Å². The van der Waals surface area contributed by atoms with E-state index in [9.17, 15) is 22.8 Å². The van der Waals surface area contributed by atoms with E-state index in [4.69, 9.17) is 0 Å². The van der Waals surface area contributed by atoms with Crippen LogP contribution in [0.3, 0.4) is 0 Å². The van der Waals surface area contributed by atoms with Crippen LogP contribution in [0.5, 0.6) is 0 Å². The molecule has 140 valence electrons. The van der Waals surface area contributed by atoms with Crippen molar-refractivity contribution in [1.82, 2.24) is 15.1 Å². The number of fused-ring (bicyclic) bond motifs is 1. The predicted molar refractivity (Wildman–Crippen MR) is 93.9 cm³/mol. The number of nitrogens with one attached hydrogen (secondary N) is 1. The molecule has 1 amide bonds. The van der Waals surface area contributed by atoms with Gasteiger partial charge in [-0.1, -0.05) is 24.3 Å². The molecule has 0 spiro atoms. The lowest BCUT2D eigenvalue weighted by atomic mass is 10.1. The molecule has 0 atom stereocenters. The molecule has 3 aromatic rings. The number of rotatable bonds is 5. The Morgan fingerprint density at radius 1 is 1.07 bits per heavy atom. The average molecular weight is 375 g/mol. The first-order chi connectivity index (χ1) is 12.8. The average Bonchev–Trinajstić information content (AvgIpc) is 2.66. The summed E-state index contributed by atoms with van der Waals surface area (Å²) in [5.41, 5.74) is 0.297. The van der Waals surface area contributed by atoms with Crippen molar-refractivity contribution in [1.29, 1.82) is 0 Å². The fraction of sp³-hybridized carbons (Fsp3) is 0.211. The Hall–Kier alpha value is -3.16. The Kier molecular flexibility index (Phi) is 5.25. The molecular formula is C19H16F3N3O2. The standard InChI is InChI=1S/C19H16F3N3O2/c20-19(21,22)14-7-5-13(6-8-14)11-23-18(27)9-10-25-16-4-2-1-3-15(16)17(26)12-24-25/h1-8,12H,9-11H2,(H,23,27). The highest BCUT2D eigenvalue weighted by Gasteiger charge is 2.29. The van der Waals surface area contributed by atoms with Gasteiger partial charge in [0, 0.05) is 18.4 Å². The van der Waals surface area contributed by atoms with Crippen LogP contribution in [-0.2, 0) is 24.1 Å². The van der Waals surface area contributed by atoms with E-state index in [0.717, 1.165) is 12.1 Å². The molecule has 0 aliphatic rings. The van der Waals surface area contributed by atoms with E-state index < -0.39 is 11.7 Å². The molecule has 8 heteroatoms. The number of hydrogen-bond donors (Lipinski definition) is 1. The maximum atomic E-state index is 12.5. The molecule has 0 saturated carbocycles. The van der Waals surface area contributed by atoms with Gasteiger partial charge in [0.1, 0.15) is 0 Å². The Bertz CT molecular complexity index is 1010. The summed E-state index contributed by atoms with van der Waals surface area (Å²) < 4.78 is 39.2. The lowest BCUT2D eigenvalue weighted by Crippen LogP contribution is -2.24. The van der Waals surface area contributed by atoms with Crippen molar-refractivity contribution in [2.24, 2.45) is 0 Å². The minimum atomic E-state index is -4.38. The van der Waals surface area contributed by atoms with Gasteiger partial charge in [-0.2, -0.15) is 18.3 Å². The van der Waals surface area contributed by atoms with Gasteiger partial charge in [0.25, 0.3) is 0 Å². The van der Waals surface area contributed by atoms with Crippen molar-refractivity contribution in [3.8, 4) is 0 Å². The third kappa shape index (κ3) is 4.52. The maximum absolute atomic E-state index is 12.5. The van der Waals surface area contributed by atoms with Crippen LogP contribution in [0.25, 0.3) is 10.9 Å². The first-order valence-electron chi connectivity index (χ1n) is 8.22. The number of aromatic nitrogens is 2. The predicted octanol–water partition coefficient (Wildman–Crippen LogP) is 3.12.